The third-order valence-electron chi connectivity index (χ3n) is 6.58. The lowest BCUT2D eigenvalue weighted by Gasteiger charge is -2.34. The lowest BCUT2D eigenvalue weighted by atomic mass is 9.79. The highest BCUT2D eigenvalue weighted by Crippen LogP contribution is 2.20. The van der Waals surface area contributed by atoms with Crippen LogP contribution in [0.3, 0.4) is 0 Å². The maximum atomic E-state index is 9.72. The van der Waals surface area contributed by atoms with Crippen LogP contribution < -0.4 is 26.2 Å². The molecule has 0 aromatic heterocycles. The van der Waals surface area contributed by atoms with Crippen LogP contribution >= 0.6 is 12.6 Å². The molecule has 5 rings (SSSR count). The molecule has 0 saturated heterocycles. The summed E-state index contributed by atoms with van der Waals surface area (Å²) < 4.78 is 0. The zero-order chi connectivity index (χ0) is 24.3. The first kappa shape index (κ1) is 23.4. The Morgan fingerprint density at radius 1 is 0.486 bits per heavy atom. The zero-order valence-corrected chi connectivity index (χ0v) is 21.0. The number of rotatable bonds is 6. The second-order valence-corrected chi connectivity index (χ2v) is 12.9. The Morgan fingerprint density at radius 2 is 0.886 bits per heavy atom. The molecule has 0 aliphatic rings. The van der Waals surface area contributed by atoms with Gasteiger partial charge >= 0.3 is 7.12 Å². The standard InChI is InChI=1S/C30H25BO2SSi/c32-31(33)29-22-24(18-21-30(29)34)23-16-19-28(20-17-23)35(25-10-4-1-5-11-25,26-12-6-2-7-13-26)27-14-8-3-9-15-27/h1-22,32-34H. The Balaban J connectivity index is 1.72. The molecule has 0 amide bonds. The Labute approximate surface area is 213 Å². The molecule has 5 heteroatoms. The summed E-state index contributed by atoms with van der Waals surface area (Å²) in [5, 5.41) is 24.7. The summed E-state index contributed by atoms with van der Waals surface area (Å²) in [6.07, 6.45) is 0. The van der Waals surface area contributed by atoms with Crippen LogP contribution in [0.25, 0.3) is 11.1 Å². The molecular formula is C30H25BO2SSi. The fourth-order valence-corrected chi connectivity index (χ4v) is 9.92. The number of hydrogen-bond acceptors (Lipinski definition) is 3. The molecule has 5 aromatic rings. The lowest BCUT2D eigenvalue weighted by molar-refractivity contribution is 0.425. The van der Waals surface area contributed by atoms with E-state index < -0.39 is 15.2 Å². The summed E-state index contributed by atoms with van der Waals surface area (Å²) in [5.41, 5.74) is 2.33. The van der Waals surface area contributed by atoms with Gasteiger partial charge in [0.2, 0.25) is 0 Å². The summed E-state index contributed by atoms with van der Waals surface area (Å²) in [5.74, 6) is 0. The minimum Gasteiger partial charge on any atom is -0.423 e. The predicted octanol–water partition coefficient (Wildman–Crippen LogP) is 2.70. The van der Waals surface area contributed by atoms with Gasteiger partial charge in [-0.05, 0) is 43.4 Å². The van der Waals surface area contributed by atoms with Gasteiger partial charge in [-0.25, -0.2) is 0 Å². The van der Waals surface area contributed by atoms with E-state index in [4.69, 9.17) is 0 Å². The van der Waals surface area contributed by atoms with Crippen molar-refractivity contribution in [1.82, 2.24) is 0 Å². The molecule has 0 atom stereocenters. The van der Waals surface area contributed by atoms with E-state index in [1.54, 1.807) is 12.1 Å². The summed E-state index contributed by atoms with van der Waals surface area (Å²) in [6.45, 7) is 0. The zero-order valence-electron chi connectivity index (χ0n) is 19.1. The maximum Gasteiger partial charge on any atom is 0.489 e. The molecule has 0 heterocycles. The van der Waals surface area contributed by atoms with E-state index >= 15 is 0 Å². The van der Waals surface area contributed by atoms with Gasteiger partial charge in [-0.3, -0.25) is 0 Å². The van der Waals surface area contributed by atoms with Gasteiger partial charge in [0.15, 0.2) is 8.07 Å². The van der Waals surface area contributed by atoms with Crippen LogP contribution in [0, 0.1) is 0 Å². The van der Waals surface area contributed by atoms with E-state index in [0.717, 1.165) is 11.1 Å². The van der Waals surface area contributed by atoms with E-state index in [2.05, 4.69) is 128 Å². The summed E-state index contributed by atoms with van der Waals surface area (Å²) in [4.78, 5) is 0.559. The molecular weight excluding hydrogens is 463 g/mol. The Morgan fingerprint density at radius 3 is 1.31 bits per heavy atom. The third-order valence-corrected chi connectivity index (χ3v) is 11.8. The van der Waals surface area contributed by atoms with Crippen LogP contribution in [-0.4, -0.2) is 25.2 Å². The lowest BCUT2D eigenvalue weighted by Crippen LogP contribution is -2.74. The molecule has 0 bridgehead atoms. The van der Waals surface area contributed by atoms with E-state index in [1.807, 2.05) is 6.07 Å². The molecule has 35 heavy (non-hydrogen) atoms. The molecule has 5 aromatic carbocycles. The van der Waals surface area contributed by atoms with E-state index in [0.29, 0.717) is 10.4 Å². The molecule has 0 fully saturated rings. The van der Waals surface area contributed by atoms with E-state index in [-0.39, 0.29) is 0 Å². The van der Waals surface area contributed by atoms with Gasteiger partial charge in [0, 0.05) is 4.90 Å². The Hall–Kier alpha value is -3.35. The van der Waals surface area contributed by atoms with Crippen molar-refractivity contribution >= 4 is 54.0 Å². The van der Waals surface area contributed by atoms with E-state index in [1.165, 1.54) is 20.7 Å². The van der Waals surface area contributed by atoms with Crippen LogP contribution in [0.2, 0.25) is 0 Å². The summed E-state index contributed by atoms with van der Waals surface area (Å²) in [7, 11) is -4.11. The van der Waals surface area contributed by atoms with Gasteiger partial charge in [-0.2, -0.15) is 0 Å². The van der Waals surface area contributed by atoms with Crippen molar-refractivity contribution in [3.05, 3.63) is 133 Å². The van der Waals surface area contributed by atoms with Gasteiger partial charge in [0.1, 0.15) is 0 Å². The van der Waals surface area contributed by atoms with Crippen molar-refractivity contribution in [1.29, 1.82) is 0 Å². The monoisotopic (exact) mass is 488 g/mol. The molecule has 0 radical (unpaired) electrons. The number of benzene rings is 5. The normalized spacial score (nSPS) is 11.3. The van der Waals surface area contributed by atoms with Gasteiger partial charge in [0.05, 0.1) is 0 Å². The summed E-state index contributed by atoms with van der Waals surface area (Å²) >= 11 is 4.36. The predicted molar refractivity (Wildman–Crippen MR) is 153 cm³/mol. The highest BCUT2D eigenvalue weighted by molar-refractivity contribution is 7.80. The Bertz CT molecular complexity index is 1310. The molecule has 0 saturated carbocycles. The van der Waals surface area contributed by atoms with Crippen LogP contribution in [0.4, 0.5) is 0 Å². The molecule has 170 valence electrons. The number of thiol groups is 1. The average molecular weight is 488 g/mol. The minimum absolute atomic E-state index is 0.400. The van der Waals surface area contributed by atoms with Gasteiger partial charge < -0.3 is 10.0 Å². The van der Waals surface area contributed by atoms with Gasteiger partial charge in [-0.1, -0.05) is 127 Å². The highest BCUT2D eigenvalue weighted by atomic mass is 32.1. The SMILES string of the molecule is OB(O)c1cc(-c2ccc([Si](c3ccccc3)(c3ccccc3)c3ccccc3)cc2)ccc1S. The van der Waals surface area contributed by atoms with Gasteiger partial charge in [0.25, 0.3) is 0 Å². The van der Waals surface area contributed by atoms with Crippen LogP contribution in [-0.2, 0) is 0 Å². The third kappa shape index (κ3) is 4.40. The first-order valence-electron chi connectivity index (χ1n) is 11.6. The summed E-state index contributed by atoms with van der Waals surface area (Å²) in [6, 6.07) is 46.7. The van der Waals surface area contributed by atoms with Crippen LogP contribution in [0.15, 0.2) is 138 Å². The fourth-order valence-electron chi connectivity index (χ4n) is 4.92. The molecule has 0 spiro atoms. The highest BCUT2D eigenvalue weighted by Gasteiger charge is 2.41. The molecule has 0 aliphatic carbocycles. The molecule has 2 N–H and O–H groups in total. The fraction of sp³-hybridized carbons (Fsp3) is 0. The topological polar surface area (TPSA) is 40.5 Å². The molecule has 0 unspecified atom stereocenters. The van der Waals surface area contributed by atoms with Crippen molar-refractivity contribution in [2.45, 2.75) is 4.90 Å². The molecule has 2 nitrogen and oxygen atoms in total. The van der Waals surface area contributed by atoms with Gasteiger partial charge in [-0.15, -0.1) is 12.6 Å². The van der Waals surface area contributed by atoms with Crippen LogP contribution in [0.1, 0.15) is 0 Å². The van der Waals surface area contributed by atoms with Crippen LogP contribution in [0.5, 0.6) is 0 Å². The largest absolute Gasteiger partial charge is 0.489 e. The first-order valence-corrected chi connectivity index (χ1v) is 14.0. The average Bonchev–Trinajstić information content (AvgIpc) is 2.92. The molecule has 0 aliphatic heterocycles. The van der Waals surface area contributed by atoms with Crippen molar-refractivity contribution in [2.75, 3.05) is 0 Å². The number of hydrogen-bond donors (Lipinski definition) is 3. The van der Waals surface area contributed by atoms with Crippen molar-refractivity contribution in [3.63, 3.8) is 0 Å². The second-order valence-electron chi connectivity index (χ2n) is 8.57. The Kier molecular flexibility index (Phi) is 6.75. The van der Waals surface area contributed by atoms with Crippen molar-refractivity contribution in [3.8, 4) is 11.1 Å². The quantitative estimate of drug-likeness (QED) is 0.196. The maximum absolute atomic E-state index is 9.72. The smallest absolute Gasteiger partial charge is 0.423 e. The van der Waals surface area contributed by atoms with Crippen molar-refractivity contribution in [2.24, 2.45) is 0 Å². The minimum atomic E-state index is -2.55. The first-order chi connectivity index (χ1) is 17.1. The van der Waals surface area contributed by atoms with Crippen molar-refractivity contribution < 1.29 is 10.0 Å². The van der Waals surface area contributed by atoms with E-state index in [9.17, 15) is 10.0 Å². The second kappa shape index (κ2) is 10.1.